The first-order valence-corrected chi connectivity index (χ1v) is 6.29. The van der Waals surface area contributed by atoms with Crippen molar-refractivity contribution in [3.8, 4) is 22.8 Å². The number of nitrogens with one attached hydrogen (secondary N) is 1. The van der Waals surface area contributed by atoms with Crippen molar-refractivity contribution in [3.63, 3.8) is 0 Å². The summed E-state index contributed by atoms with van der Waals surface area (Å²) in [6.45, 7) is 0.567. The lowest BCUT2D eigenvalue weighted by Gasteiger charge is -1.92. The van der Waals surface area contributed by atoms with Gasteiger partial charge in [0.05, 0.1) is 12.3 Å². The van der Waals surface area contributed by atoms with E-state index in [1.807, 2.05) is 36.4 Å². The maximum Gasteiger partial charge on any atom is 0.275 e. The highest BCUT2D eigenvalue weighted by atomic mass is 16.5. The summed E-state index contributed by atoms with van der Waals surface area (Å²) in [5.74, 6) is 1.06. The van der Waals surface area contributed by atoms with Crippen LogP contribution in [-0.4, -0.2) is 34.1 Å². The monoisotopic (exact) mass is 270 g/mol. The molecule has 0 spiro atoms. The molecule has 0 unspecified atom stereocenters. The second kappa shape index (κ2) is 5.66. The van der Waals surface area contributed by atoms with Crippen molar-refractivity contribution >= 4 is 0 Å². The number of aromatic amines is 1. The highest BCUT2D eigenvalue weighted by molar-refractivity contribution is 5.64. The number of H-pyrrole nitrogens is 1. The molecule has 0 aliphatic rings. The molecule has 0 radical (unpaired) electrons. The van der Waals surface area contributed by atoms with Crippen LogP contribution in [0.3, 0.4) is 0 Å². The lowest BCUT2D eigenvalue weighted by Crippen LogP contribution is -1.96. The van der Waals surface area contributed by atoms with Crippen LogP contribution in [0.25, 0.3) is 22.8 Å². The summed E-state index contributed by atoms with van der Waals surface area (Å²) in [6, 6.07) is 11.8. The topological polar surface area (TPSA) is 76.8 Å². The van der Waals surface area contributed by atoms with Crippen molar-refractivity contribution in [2.75, 3.05) is 13.7 Å². The smallest absolute Gasteiger partial charge is 0.275 e. The van der Waals surface area contributed by atoms with Gasteiger partial charge in [-0.2, -0.15) is 10.1 Å². The van der Waals surface area contributed by atoms with Crippen molar-refractivity contribution in [2.45, 2.75) is 6.42 Å². The summed E-state index contributed by atoms with van der Waals surface area (Å²) in [7, 11) is 1.64. The minimum atomic E-state index is 0.436. The number of hydrogen-bond donors (Lipinski definition) is 1. The molecule has 0 fully saturated rings. The van der Waals surface area contributed by atoms with Crippen molar-refractivity contribution in [2.24, 2.45) is 0 Å². The second-order valence-corrected chi connectivity index (χ2v) is 4.29. The van der Waals surface area contributed by atoms with E-state index in [1.165, 1.54) is 0 Å². The summed E-state index contributed by atoms with van der Waals surface area (Å²) in [4.78, 5) is 4.30. The normalized spacial score (nSPS) is 10.8. The molecule has 0 amide bonds. The van der Waals surface area contributed by atoms with E-state index in [-0.39, 0.29) is 0 Å². The van der Waals surface area contributed by atoms with E-state index in [4.69, 9.17) is 9.26 Å². The van der Waals surface area contributed by atoms with Gasteiger partial charge in [0, 0.05) is 19.1 Å². The standard InChI is InChI=1S/C14H14N4O2/c1-19-8-7-13-15-14(20-18-13)12-9-11(16-17-12)10-5-3-2-4-6-10/h2-6,9H,7-8H2,1H3,(H,16,17). The summed E-state index contributed by atoms with van der Waals surface area (Å²) in [5.41, 5.74) is 2.59. The predicted octanol–water partition coefficient (Wildman–Crippen LogP) is 2.32. The Kier molecular flexibility index (Phi) is 3.56. The Morgan fingerprint density at radius 1 is 1.25 bits per heavy atom. The van der Waals surface area contributed by atoms with E-state index >= 15 is 0 Å². The quantitative estimate of drug-likeness (QED) is 0.769. The Morgan fingerprint density at radius 2 is 2.10 bits per heavy atom. The second-order valence-electron chi connectivity index (χ2n) is 4.29. The molecule has 2 heterocycles. The van der Waals surface area contributed by atoms with Crippen LogP contribution in [0, 0.1) is 0 Å². The van der Waals surface area contributed by atoms with Gasteiger partial charge in [0.15, 0.2) is 5.82 Å². The van der Waals surface area contributed by atoms with Crippen LogP contribution in [0.5, 0.6) is 0 Å². The van der Waals surface area contributed by atoms with Gasteiger partial charge >= 0.3 is 0 Å². The highest BCUT2D eigenvalue weighted by Crippen LogP contribution is 2.22. The number of nitrogens with zero attached hydrogens (tertiary/aromatic N) is 3. The minimum Gasteiger partial charge on any atom is -0.384 e. The third-order valence-corrected chi connectivity index (χ3v) is 2.88. The predicted molar refractivity (Wildman–Crippen MR) is 72.9 cm³/mol. The number of hydrogen-bond acceptors (Lipinski definition) is 5. The summed E-state index contributed by atoms with van der Waals surface area (Å²) >= 11 is 0. The van der Waals surface area contributed by atoms with E-state index < -0.39 is 0 Å². The fraction of sp³-hybridized carbons (Fsp3) is 0.214. The van der Waals surface area contributed by atoms with Gasteiger partial charge in [-0.1, -0.05) is 35.5 Å². The zero-order valence-corrected chi connectivity index (χ0v) is 11.0. The third-order valence-electron chi connectivity index (χ3n) is 2.88. The lowest BCUT2D eigenvalue weighted by molar-refractivity contribution is 0.199. The molecule has 0 atom stereocenters. The third kappa shape index (κ3) is 2.60. The van der Waals surface area contributed by atoms with Gasteiger partial charge in [-0.3, -0.25) is 5.10 Å². The average molecular weight is 270 g/mol. The van der Waals surface area contributed by atoms with Crippen LogP contribution in [0.4, 0.5) is 0 Å². The molecule has 1 aromatic carbocycles. The SMILES string of the molecule is COCCc1noc(-c2cc(-c3ccccc3)n[nH]2)n1. The van der Waals surface area contributed by atoms with Gasteiger partial charge in [-0.25, -0.2) is 0 Å². The van der Waals surface area contributed by atoms with Gasteiger partial charge in [0.2, 0.25) is 0 Å². The van der Waals surface area contributed by atoms with Gasteiger partial charge < -0.3 is 9.26 Å². The Morgan fingerprint density at radius 3 is 2.90 bits per heavy atom. The molecule has 0 saturated carbocycles. The van der Waals surface area contributed by atoms with E-state index in [0.29, 0.717) is 30.4 Å². The molecule has 20 heavy (non-hydrogen) atoms. The molecular weight excluding hydrogens is 256 g/mol. The Balaban J connectivity index is 1.81. The molecule has 6 heteroatoms. The summed E-state index contributed by atoms with van der Waals surface area (Å²) < 4.78 is 10.2. The Hall–Kier alpha value is -2.47. The van der Waals surface area contributed by atoms with Crippen molar-refractivity contribution in [1.29, 1.82) is 0 Å². The van der Waals surface area contributed by atoms with E-state index in [9.17, 15) is 0 Å². The van der Waals surface area contributed by atoms with Crippen molar-refractivity contribution in [3.05, 3.63) is 42.2 Å². The van der Waals surface area contributed by atoms with Crippen LogP contribution in [0.1, 0.15) is 5.82 Å². The van der Waals surface area contributed by atoms with Gasteiger partial charge in [0.25, 0.3) is 5.89 Å². The first kappa shape index (κ1) is 12.6. The maximum absolute atomic E-state index is 5.21. The van der Waals surface area contributed by atoms with E-state index in [2.05, 4.69) is 20.3 Å². The lowest BCUT2D eigenvalue weighted by atomic mass is 10.1. The molecule has 0 aliphatic carbocycles. The first-order chi connectivity index (χ1) is 9.86. The molecule has 102 valence electrons. The largest absolute Gasteiger partial charge is 0.384 e. The molecule has 2 aromatic heterocycles. The first-order valence-electron chi connectivity index (χ1n) is 6.29. The molecule has 0 saturated heterocycles. The maximum atomic E-state index is 5.21. The van der Waals surface area contributed by atoms with Gasteiger partial charge in [-0.05, 0) is 6.07 Å². The van der Waals surface area contributed by atoms with E-state index in [1.54, 1.807) is 7.11 Å². The Labute approximate surface area is 115 Å². The zero-order chi connectivity index (χ0) is 13.8. The van der Waals surface area contributed by atoms with Crippen molar-refractivity contribution in [1.82, 2.24) is 20.3 Å². The van der Waals surface area contributed by atoms with Crippen LogP contribution in [-0.2, 0) is 11.2 Å². The van der Waals surface area contributed by atoms with Crippen LogP contribution < -0.4 is 0 Å². The number of rotatable bonds is 5. The van der Waals surface area contributed by atoms with Crippen LogP contribution >= 0.6 is 0 Å². The number of methoxy groups -OCH3 is 1. The van der Waals surface area contributed by atoms with Gasteiger partial charge in [-0.15, -0.1) is 0 Å². The van der Waals surface area contributed by atoms with E-state index in [0.717, 1.165) is 11.3 Å². The fourth-order valence-corrected chi connectivity index (χ4v) is 1.85. The van der Waals surface area contributed by atoms with Crippen LogP contribution in [0.15, 0.2) is 40.9 Å². The molecule has 0 aliphatic heterocycles. The molecule has 0 bridgehead atoms. The molecule has 1 N–H and O–H groups in total. The fourth-order valence-electron chi connectivity index (χ4n) is 1.85. The summed E-state index contributed by atoms with van der Waals surface area (Å²) in [6.07, 6.45) is 0.625. The number of aromatic nitrogens is 4. The number of benzene rings is 1. The molecule has 6 nitrogen and oxygen atoms in total. The van der Waals surface area contributed by atoms with Gasteiger partial charge in [0.1, 0.15) is 5.69 Å². The highest BCUT2D eigenvalue weighted by Gasteiger charge is 2.12. The molecular formula is C14H14N4O2. The Bertz CT molecular complexity index is 675. The molecule has 3 rings (SSSR count). The zero-order valence-electron chi connectivity index (χ0n) is 11.0. The minimum absolute atomic E-state index is 0.436. The molecule has 3 aromatic rings. The van der Waals surface area contributed by atoms with Crippen LogP contribution in [0.2, 0.25) is 0 Å². The average Bonchev–Trinajstić information content (AvgIpc) is 3.15. The summed E-state index contributed by atoms with van der Waals surface area (Å²) in [5, 5.41) is 11.1. The number of ether oxygens (including phenoxy) is 1. The van der Waals surface area contributed by atoms with Crippen molar-refractivity contribution < 1.29 is 9.26 Å².